The van der Waals surface area contributed by atoms with Crippen molar-refractivity contribution in [1.82, 2.24) is 10.3 Å². The molecule has 9 heteroatoms. The van der Waals surface area contributed by atoms with Crippen molar-refractivity contribution in [2.45, 2.75) is 56.8 Å². The maximum Gasteiger partial charge on any atom is 0.433 e. The highest BCUT2D eigenvalue weighted by Gasteiger charge is 2.34. The summed E-state index contributed by atoms with van der Waals surface area (Å²) in [6, 6.07) is 5.69. The summed E-state index contributed by atoms with van der Waals surface area (Å²) in [4.78, 5) is 16.0. The fraction of sp³-hybridized carbons (Fsp3) is 0.455. The number of halogens is 4. The first-order chi connectivity index (χ1) is 14.8. The number of amides is 1. The first-order valence-electron chi connectivity index (χ1n) is 10.4. The largest absolute Gasteiger partial charge is 0.488 e. The van der Waals surface area contributed by atoms with Gasteiger partial charge in [0.05, 0.1) is 12.1 Å². The molecular weight excluding hydrogens is 431 g/mol. The van der Waals surface area contributed by atoms with Gasteiger partial charge in [-0.3, -0.25) is 4.79 Å². The fourth-order valence-electron chi connectivity index (χ4n) is 4.04. The summed E-state index contributed by atoms with van der Waals surface area (Å²) in [6.07, 6.45) is 1.92. The van der Waals surface area contributed by atoms with E-state index in [4.69, 9.17) is 16.3 Å². The van der Waals surface area contributed by atoms with Gasteiger partial charge in [-0.15, -0.1) is 0 Å². The molecule has 2 aliphatic rings. The van der Waals surface area contributed by atoms with Crippen molar-refractivity contribution in [2.24, 2.45) is 0 Å². The van der Waals surface area contributed by atoms with Gasteiger partial charge in [-0.05, 0) is 68.9 Å². The van der Waals surface area contributed by atoms with Gasteiger partial charge in [0.1, 0.15) is 5.69 Å². The second-order valence-corrected chi connectivity index (χ2v) is 8.38. The molecule has 0 saturated heterocycles. The van der Waals surface area contributed by atoms with E-state index in [1.807, 2.05) is 6.08 Å². The van der Waals surface area contributed by atoms with Crippen LogP contribution in [0.2, 0.25) is 5.02 Å². The molecule has 2 heterocycles. The van der Waals surface area contributed by atoms with E-state index in [0.29, 0.717) is 28.5 Å². The SMILES string of the molecule is O=C(N[C@H]1CC[C@@H](Nc2cc(C(F)(F)F)nc3ccc(Cl)cc23)CC1)C1=CCCCO1. The van der Waals surface area contributed by atoms with Crippen LogP contribution < -0.4 is 10.6 Å². The molecule has 1 amide bonds. The van der Waals surface area contributed by atoms with Crippen molar-refractivity contribution >= 4 is 34.1 Å². The highest BCUT2D eigenvalue weighted by molar-refractivity contribution is 6.31. The molecule has 1 aromatic carbocycles. The van der Waals surface area contributed by atoms with E-state index >= 15 is 0 Å². The number of benzene rings is 1. The molecule has 0 bridgehead atoms. The van der Waals surface area contributed by atoms with Crippen LogP contribution in [0.1, 0.15) is 44.2 Å². The maximum atomic E-state index is 13.3. The van der Waals surface area contributed by atoms with Crippen molar-refractivity contribution < 1.29 is 22.7 Å². The van der Waals surface area contributed by atoms with Crippen LogP contribution >= 0.6 is 11.6 Å². The second kappa shape index (κ2) is 8.94. The Morgan fingerprint density at radius 1 is 1.13 bits per heavy atom. The molecule has 1 aromatic heterocycles. The van der Waals surface area contributed by atoms with Gasteiger partial charge in [-0.25, -0.2) is 4.98 Å². The zero-order chi connectivity index (χ0) is 22.0. The fourth-order valence-corrected chi connectivity index (χ4v) is 4.21. The standard InChI is InChI=1S/C22H23ClF3N3O2/c23-13-4-9-17-16(11-13)18(12-20(29-17)22(24,25)26)27-14-5-7-15(8-6-14)28-21(30)19-3-1-2-10-31-19/h3-4,9,11-12,14-15H,1-2,5-8,10H2,(H,27,29)(H,28,30)/t14-,15+. The van der Waals surface area contributed by atoms with Crippen LogP contribution in [0.3, 0.4) is 0 Å². The minimum atomic E-state index is -4.54. The first kappa shape index (κ1) is 21.7. The summed E-state index contributed by atoms with van der Waals surface area (Å²) >= 11 is 6.06. The lowest BCUT2D eigenvalue weighted by molar-refractivity contribution is -0.140. The average molecular weight is 454 g/mol. The van der Waals surface area contributed by atoms with Gasteiger partial charge in [0.15, 0.2) is 5.76 Å². The van der Waals surface area contributed by atoms with Gasteiger partial charge in [0.25, 0.3) is 5.91 Å². The molecule has 0 unspecified atom stereocenters. The van der Waals surface area contributed by atoms with Crippen molar-refractivity contribution in [3.8, 4) is 0 Å². The molecule has 1 aliphatic carbocycles. The number of pyridine rings is 1. The lowest BCUT2D eigenvalue weighted by Gasteiger charge is -2.31. The monoisotopic (exact) mass is 453 g/mol. The molecule has 4 rings (SSSR count). The molecule has 1 aliphatic heterocycles. The summed E-state index contributed by atoms with van der Waals surface area (Å²) in [7, 11) is 0. The topological polar surface area (TPSA) is 63.2 Å². The number of hydrogen-bond donors (Lipinski definition) is 2. The van der Waals surface area contributed by atoms with E-state index in [9.17, 15) is 18.0 Å². The number of allylic oxidation sites excluding steroid dienone is 1. The Balaban J connectivity index is 1.44. The smallest absolute Gasteiger partial charge is 0.433 e. The highest BCUT2D eigenvalue weighted by Crippen LogP contribution is 2.35. The molecule has 0 atom stereocenters. The van der Waals surface area contributed by atoms with E-state index in [2.05, 4.69) is 15.6 Å². The summed E-state index contributed by atoms with van der Waals surface area (Å²) in [5, 5.41) is 7.24. The molecule has 1 fully saturated rings. The number of anilines is 1. The summed E-state index contributed by atoms with van der Waals surface area (Å²) in [5.41, 5.74) is -0.331. The lowest BCUT2D eigenvalue weighted by atomic mass is 9.90. The van der Waals surface area contributed by atoms with E-state index < -0.39 is 11.9 Å². The van der Waals surface area contributed by atoms with Crippen LogP contribution in [0.4, 0.5) is 18.9 Å². The van der Waals surface area contributed by atoms with Gasteiger partial charge in [0.2, 0.25) is 0 Å². The quantitative estimate of drug-likeness (QED) is 0.647. The van der Waals surface area contributed by atoms with Gasteiger partial charge in [-0.1, -0.05) is 11.6 Å². The third-order valence-electron chi connectivity index (χ3n) is 5.64. The lowest BCUT2D eigenvalue weighted by Crippen LogP contribution is -2.41. The van der Waals surface area contributed by atoms with E-state index in [1.54, 1.807) is 6.07 Å². The summed E-state index contributed by atoms with van der Waals surface area (Å²) in [5.74, 6) is 0.187. The number of carbonyl (C=O) groups is 1. The molecular formula is C22H23ClF3N3O2. The zero-order valence-electron chi connectivity index (χ0n) is 16.8. The van der Waals surface area contributed by atoms with E-state index in [1.165, 1.54) is 12.1 Å². The number of fused-ring (bicyclic) bond motifs is 1. The second-order valence-electron chi connectivity index (χ2n) is 7.94. The Bertz CT molecular complexity index is 1000. The Hall–Kier alpha value is -2.48. The van der Waals surface area contributed by atoms with Crippen molar-refractivity contribution in [2.75, 3.05) is 11.9 Å². The minimum Gasteiger partial charge on any atom is -0.488 e. The van der Waals surface area contributed by atoms with E-state index in [0.717, 1.165) is 44.6 Å². The zero-order valence-corrected chi connectivity index (χ0v) is 17.5. The number of alkyl halides is 3. The summed E-state index contributed by atoms with van der Waals surface area (Å²) in [6.45, 7) is 0.555. The Morgan fingerprint density at radius 2 is 1.87 bits per heavy atom. The number of nitrogens with one attached hydrogen (secondary N) is 2. The van der Waals surface area contributed by atoms with Crippen LogP contribution in [0, 0.1) is 0 Å². The molecule has 1 saturated carbocycles. The molecule has 31 heavy (non-hydrogen) atoms. The predicted octanol–water partition coefficient (Wildman–Crippen LogP) is 5.44. The average Bonchev–Trinajstić information content (AvgIpc) is 2.75. The first-order valence-corrected chi connectivity index (χ1v) is 10.8. The number of hydrogen-bond acceptors (Lipinski definition) is 4. The van der Waals surface area contributed by atoms with Crippen molar-refractivity contribution in [3.05, 3.63) is 46.8 Å². The predicted molar refractivity (Wildman–Crippen MR) is 113 cm³/mol. The van der Waals surface area contributed by atoms with Crippen LogP contribution in [0.15, 0.2) is 36.1 Å². The van der Waals surface area contributed by atoms with Crippen LogP contribution in [0.25, 0.3) is 10.9 Å². The Kier molecular flexibility index (Phi) is 6.27. The maximum absolute atomic E-state index is 13.3. The minimum absolute atomic E-state index is 0.0102. The Labute approximate surface area is 183 Å². The molecule has 2 N–H and O–H groups in total. The molecule has 0 spiro atoms. The van der Waals surface area contributed by atoms with Gasteiger partial charge in [0, 0.05) is 28.2 Å². The van der Waals surface area contributed by atoms with Crippen molar-refractivity contribution in [1.29, 1.82) is 0 Å². The van der Waals surface area contributed by atoms with Gasteiger partial charge >= 0.3 is 6.18 Å². The number of carbonyl (C=O) groups excluding carboxylic acids is 1. The van der Waals surface area contributed by atoms with Crippen LogP contribution in [0.5, 0.6) is 0 Å². The molecule has 2 aromatic rings. The van der Waals surface area contributed by atoms with Crippen LogP contribution in [-0.4, -0.2) is 29.6 Å². The van der Waals surface area contributed by atoms with Crippen molar-refractivity contribution in [3.63, 3.8) is 0 Å². The Morgan fingerprint density at radius 3 is 2.55 bits per heavy atom. The molecule has 0 radical (unpaired) electrons. The number of nitrogens with zero attached hydrogens (tertiary/aromatic N) is 1. The van der Waals surface area contributed by atoms with Gasteiger partial charge in [-0.2, -0.15) is 13.2 Å². The normalized spacial score (nSPS) is 21.9. The summed E-state index contributed by atoms with van der Waals surface area (Å²) < 4.78 is 45.3. The van der Waals surface area contributed by atoms with Gasteiger partial charge < -0.3 is 15.4 Å². The molecule has 166 valence electrons. The number of ether oxygens (including phenoxy) is 1. The van der Waals surface area contributed by atoms with E-state index in [-0.39, 0.29) is 23.5 Å². The third kappa shape index (κ3) is 5.23. The number of rotatable bonds is 4. The van der Waals surface area contributed by atoms with Crippen LogP contribution in [-0.2, 0) is 15.7 Å². The highest BCUT2D eigenvalue weighted by atomic mass is 35.5. The number of aromatic nitrogens is 1. The molecule has 5 nitrogen and oxygen atoms in total. The third-order valence-corrected chi connectivity index (χ3v) is 5.88.